The van der Waals surface area contributed by atoms with Gasteiger partial charge in [0.05, 0.1) is 19.1 Å². The highest BCUT2D eigenvalue weighted by atomic mass is 32.1. The SMILES string of the molecule is CCCCCc1nc2nc[nH]c2c2nc(-c3ccc(C)cc3)nn12.[C-]#[N+]c1cccc(-c2nc(Nc3cnccn3)sc2-n2ccnc2C)c1. The van der Waals surface area contributed by atoms with Crippen molar-refractivity contribution >= 4 is 44.8 Å². The number of H-pyrrole nitrogens is 1. The Balaban J connectivity index is 0.000000157. The molecule has 2 N–H and O–H groups in total. The number of nitrogens with one attached hydrogen (secondary N) is 2. The molecule has 2 aromatic carbocycles. The fraction of sp³-hybridized carbons (Fsp3) is 0.194. The zero-order valence-corrected chi connectivity index (χ0v) is 28.6. The first-order chi connectivity index (χ1) is 24.5. The summed E-state index contributed by atoms with van der Waals surface area (Å²) in [4.78, 5) is 37.7. The van der Waals surface area contributed by atoms with E-state index < -0.39 is 0 Å². The molecular weight excluding hydrogens is 647 g/mol. The normalized spacial score (nSPS) is 11.0. The van der Waals surface area contributed by atoms with E-state index in [0.717, 1.165) is 63.3 Å². The van der Waals surface area contributed by atoms with Gasteiger partial charge in [0.25, 0.3) is 0 Å². The molecule has 0 aliphatic carbocycles. The Kier molecular flexibility index (Phi) is 9.30. The van der Waals surface area contributed by atoms with Gasteiger partial charge in [0, 0.05) is 36.8 Å². The van der Waals surface area contributed by atoms with Crippen LogP contribution < -0.4 is 5.32 Å². The first-order valence-electron chi connectivity index (χ1n) is 16.2. The molecule has 0 saturated carbocycles. The summed E-state index contributed by atoms with van der Waals surface area (Å²) >= 11 is 1.49. The lowest BCUT2D eigenvalue weighted by atomic mass is 10.1. The van der Waals surface area contributed by atoms with Crippen molar-refractivity contribution in [3.8, 4) is 27.6 Å². The maximum Gasteiger partial charge on any atom is 0.190 e. The van der Waals surface area contributed by atoms with Gasteiger partial charge in [0.2, 0.25) is 0 Å². The van der Waals surface area contributed by atoms with Crippen molar-refractivity contribution in [2.45, 2.75) is 46.5 Å². The summed E-state index contributed by atoms with van der Waals surface area (Å²) in [5.74, 6) is 3.12. The second-order valence-corrected chi connectivity index (χ2v) is 12.5. The molecule has 50 heavy (non-hydrogen) atoms. The smallest absolute Gasteiger partial charge is 0.190 e. The molecule has 0 bridgehead atoms. The zero-order chi connectivity index (χ0) is 34.5. The minimum atomic E-state index is 0.576. The van der Waals surface area contributed by atoms with Gasteiger partial charge in [-0.05, 0) is 31.9 Å². The number of hydrogen-bond acceptors (Lipinski definition) is 10. The molecule has 0 amide bonds. The van der Waals surface area contributed by atoms with Crippen LogP contribution in [0.4, 0.5) is 16.6 Å². The first-order valence-corrected chi connectivity index (χ1v) is 17.0. The summed E-state index contributed by atoms with van der Waals surface area (Å²) in [6.45, 7) is 13.5. The van der Waals surface area contributed by atoms with Gasteiger partial charge in [0.15, 0.2) is 33.8 Å². The van der Waals surface area contributed by atoms with Gasteiger partial charge in [0.1, 0.15) is 27.9 Å². The molecule has 0 aliphatic heterocycles. The number of nitrogens with zero attached hydrogens (tertiary/aromatic N) is 11. The summed E-state index contributed by atoms with van der Waals surface area (Å²) in [7, 11) is 0. The number of aryl methyl sites for hydroxylation is 3. The average Bonchev–Trinajstić information content (AvgIpc) is 3.96. The molecule has 0 spiro atoms. The van der Waals surface area contributed by atoms with E-state index in [0.29, 0.717) is 22.3 Å². The van der Waals surface area contributed by atoms with Crippen LogP contribution in [0.2, 0.25) is 0 Å². The fourth-order valence-electron chi connectivity index (χ4n) is 5.39. The molecule has 8 rings (SSSR count). The number of hydrogen-bond donors (Lipinski definition) is 2. The topological polar surface area (TPSA) is 145 Å². The number of aromatic nitrogens is 11. The number of anilines is 2. The fourth-order valence-corrected chi connectivity index (χ4v) is 6.41. The number of thiazole rings is 1. The van der Waals surface area contributed by atoms with Crippen LogP contribution in [0.25, 0.3) is 49.3 Å². The van der Waals surface area contributed by atoms with Gasteiger partial charge in [-0.3, -0.25) is 9.55 Å². The summed E-state index contributed by atoms with van der Waals surface area (Å²) in [6, 6.07) is 15.7. The Labute approximate surface area is 292 Å². The largest absolute Gasteiger partial charge is 0.340 e. The maximum absolute atomic E-state index is 7.25. The lowest BCUT2D eigenvalue weighted by Crippen LogP contribution is -2.03. The number of aromatic amines is 1. The standard InChI is InChI=1S/C18H13N7S.C18H20N6/c1-12-21-8-9-25(12)17-16(13-4-3-5-14(10-13)19-2)24-18(26-17)23-15-11-20-6-7-22-15;1-3-4-5-6-14-21-17-15(19-11-20-17)18-22-16(23-24(14)18)13-9-7-12(2)8-10-13/h3-11H,1H3,(H,22,23,24);7-11H,3-6H2,1-2H3,(H,19,20). The van der Waals surface area contributed by atoms with Crippen LogP contribution in [0.1, 0.15) is 43.4 Å². The van der Waals surface area contributed by atoms with Gasteiger partial charge >= 0.3 is 0 Å². The summed E-state index contributed by atoms with van der Waals surface area (Å²) in [5.41, 5.74) is 6.80. The number of fused-ring (bicyclic) bond motifs is 3. The molecule has 6 heterocycles. The molecule has 13 nitrogen and oxygen atoms in total. The molecule has 14 heteroatoms. The second kappa shape index (κ2) is 14.4. The highest BCUT2D eigenvalue weighted by Gasteiger charge is 2.18. The Morgan fingerprint density at radius 1 is 0.940 bits per heavy atom. The molecule has 0 saturated heterocycles. The van der Waals surface area contributed by atoms with Crippen molar-refractivity contribution in [3.05, 3.63) is 114 Å². The Hall–Kier alpha value is -6.33. The summed E-state index contributed by atoms with van der Waals surface area (Å²) < 4.78 is 3.85. The van der Waals surface area contributed by atoms with E-state index in [1.807, 2.05) is 40.4 Å². The van der Waals surface area contributed by atoms with E-state index in [1.165, 1.54) is 29.7 Å². The van der Waals surface area contributed by atoms with Crippen LogP contribution in [0, 0.1) is 20.4 Å². The van der Waals surface area contributed by atoms with E-state index in [2.05, 4.69) is 78.2 Å². The molecule has 0 radical (unpaired) electrons. The van der Waals surface area contributed by atoms with Crippen LogP contribution in [-0.4, -0.2) is 54.1 Å². The predicted octanol–water partition coefficient (Wildman–Crippen LogP) is 8.10. The lowest BCUT2D eigenvalue weighted by molar-refractivity contribution is 0.675. The van der Waals surface area contributed by atoms with Crippen molar-refractivity contribution in [2.24, 2.45) is 0 Å². The minimum Gasteiger partial charge on any atom is -0.340 e. The van der Waals surface area contributed by atoms with E-state index in [1.54, 1.807) is 37.2 Å². The quantitative estimate of drug-likeness (QED) is 0.114. The van der Waals surface area contributed by atoms with Crippen LogP contribution in [0.15, 0.2) is 85.8 Å². The van der Waals surface area contributed by atoms with Crippen molar-refractivity contribution in [1.82, 2.24) is 54.1 Å². The van der Waals surface area contributed by atoms with Crippen LogP contribution in [-0.2, 0) is 6.42 Å². The molecule has 0 aliphatic rings. The summed E-state index contributed by atoms with van der Waals surface area (Å²) in [6.07, 6.45) is 14.5. The third-order valence-corrected chi connectivity index (χ3v) is 8.91. The van der Waals surface area contributed by atoms with E-state index in [4.69, 9.17) is 21.6 Å². The lowest BCUT2D eigenvalue weighted by Gasteiger charge is -2.05. The number of benzene rings is 2. The maximum atomic E-state index is 7.25. The third kappa shape index (κ3) is 6.80. The Morgan fingerprint density at radius 3 is 2.58 bits per heavy atom. The van der Waals surface area contributed by atoms with E-state index in [9.17, 15) is 0 Å². The molecule has 0 unspecified atom stereocenters. The monoisotopic (exact) mass is 679 g/mol. The second-order valence-electron chi connectivity index (χ2n) is 11.5. The molecular formula is C36H33N13S. The van der Waals surface area contributed by atoms with Gasteiger partial charge in [-0.25, -0.2) is 34.7 Å². The molecule has 8 aromatic rings. The van der Waals surface area contributed by atoms with Crippen LogP contribution >= 0.6 is 11.3 Å². The van der Waals surface area contributed by atoms with Crippen molar-refractivity contribution < 1.29 is 0 Å². The number of unbranched alkanes of at least 4 members (excludes halogenated alkanes) is 2. The number of rotatable bonds is 9. The minimum absolute atomic E-state index is 0.576. The van der Waals surface area contributed by atoms with E-state index >= 15 is 0 Å². The molecule has 0 fully saturated rings. The molecule has 248 valence electrons. The highest BCUT2D eigenvalue weighted by Crippen LogP contribution is 2.37. The molecule has 6 aromatic heterocycles. The van der Waals surface area contributed by atoms with Crippen LogP contribution in [0.5, 0.6) is 0 Å². The number of imidazole rings is 2. The Morgan fingerprint density at radius 2 is 1.82 bits per heavy atom. The predicted molar refractivity (Wildman–Crippen MR) is 195 cm³/mol. The van der Waals surface area contributed by atoms with Crippen molar-refractivity contribution in [1.29, 1.82) is 0 Å². The van der Waals surface area contributed by atoms with Gasteiger partial charge in [-0.15, -0.1) is 5.10 Å². The van der Waals surface area contributed by atoms with Crippen molar-refractivity contribution in [2.75, 3.05) is 5.32 Å². The first kappa shape index (κ1) is 32.2. The highest BCUT2D eigenvalue weighted by molar-refractivity contribution is 7.18. The summed E-state index contributed by atoms with van der Waals surface area (Å²) in [5, 5.41) is 9.52. The third-order valence-electron chi connectivity index (χ3n) is 7.94. The van der Waals surface area contributed by atoms with E-state index in [-0.39, 0.29) is 0 Å². The van der Waals surface area contributed by atoms with Gasteiger partial charge < -0.3 is 10.3 Å². The Bertz CT molecular complexity index is 2410. The zero-order valence-electron chi connectivity index (χ0n) is 27.7. The van der Waals surface area contributed by atoms with Crippen LogP contribution in [0.3, 0.4) is 0 Å². The average molecular weight is 680 g/mol. The van der Waals surface area contributed by atoms with Crippen molar-refractivity contribution in [3.63, 3.8) is 0 Å². The van der Waals surface area contributed by atoms with Gasteiger partial charge in [-0.2, -0.15) is 4.52 Å². The molecule has 0 atom stereocenters. The van der Waals surface area contributed by atoms with Gasteiger partial charge in [-0.1, -0.05) is 79.1 Å².